The van der Waals surface area contributed by atoms with Gasteiger partial charge in [0, 0.05) is 33.0 Å². The van der Waals surface area contributed by atoms with Crippen LogP contribution in [0.3, 0.4) is 0 Å². The molecule has 2 fully saturated rings. The average Bonchev–Trinajstić information content (AvgIpc) is 2.77. The topological polar surface area (TPSA) is 40.6 Å². The number of likely N-dealkylation sites (N-methyl/N-ethyl adjacent to an activating group) is 1. The Balaban J connectivity index is 1.99. The molecular formula is C13H22N2O2. The Bertz CT molecular complexity index is 305. The summed E-state index contributed by atoms with van der Waals surface area (Å²) in [7, 11) is 3.65. The first kappa shape index (κ1) is 12.6. The van der Waals surface area contributed by atoms with Crippen LogP contribution in [0.1, 0.15) is 38.5 Å². The first-order valence-electron chi connectivity index (χ1n) is 6.58. The molecular weight excluding hydrogens is 216 g/mol. The first-order valence-corrected chi connectivity index (χ1v) is 6.58. The molecule has 0 aromatic heterocycles. The molecule has 0 spiro atoms. The van der Waals surface area contributed by atoms with Gasteiger partial charge in [-0.3, -0.25) is 14.5 Å². The van der Waals surface area contributed by atoms with Crippen molar-refractivity contribution < 1.29 is 9.59 Å². The molecule has 4 nitrogen and oxygen atoms in total. The van der Waals surface area contributed by atoms with Gasteiger partial charge < -0.3 is 4.90 Å². The smallest absolute Gasteiger partial charge is 0.239 e. The number of hydrogen-bond acceptors (Lipinski definition) is 3. The van der Waals surface area contributed by atoms with Crippen molar-refractivity contribution in [2.24, 2.45) is 0 Å². The van der Waals surface area contributed by atoms with Gasteiger partial charge in [0.2, 0.25) is 5.91 Å². The minimum Gasteiger partial charge on any atom is -0.347 e. The van der Waals surface area contributed by atoms with E-state index < -0.39 is 0 Å². The third-order valence-corrected chi connectivity index (χ3v) is 4.00. The molecule has 1 heterocycles. The zero-order chi connectivity index (χ0) is 12.4. The molecule has 0 N–H and O–H groups in total. The van der Waals surface area contributed by atoms with Gasteiger partial charge in [0.15, 0.2) is 0 Å². The number of amides is 1. The zero-order valence-corrected chi connectivity index (χ0v) is 10.8. The predicted octanol–water partition coefficient (Wildman–Crippen LogP) is 1.05. The Morgan fingerprint density at radius 2 is 1.88 bits per heavy atom. The first-order chi connectivity index (χ1) is 8.09. The fourth-order valence-electron chi connectivity index (χ4n) is 3.05. The van der Waals surface area contributed by atoms with Gasteiger partial charge in [-0.15, -0.1) is 0 Å². The molecule has 17 heavy (non-hydrogen) atoms. The maximum absolute atomic E-state index is 12.1. The number of rotatable bonds is 2. The summed E-state index contributed by atoms with van der Waals surface area (Å²) in [5.41, 5.74) is 0. The number of carbonyl (C=O) groups is 2. The molecule has 0 aromatic carbocycles. The van der Waals surface area contributed by atoms with Gasteiger partial charge in [0.25, 0.3) is 0 Å². The van der Waals surface area contributed by atoms with Crippen molar-refractivity contribution in [3.05, 3.63) is 0 Å². The van der Waals surface area contributed by atoms with Crippen molar-refractivity contribution in [3.63, 3.8) is 0 Å². The van der Waals surface area contributed by atoms with Gasteiger partial charge in [-0.05, 0) is 32.2 Å². The lowest BCUT2D eigenvalue weighted by atomic mass is 9.92. The number of Topliss-reactive ketones (excluding diaryl/α,β-unsaturated/α-hetero) is 1. The summed E-state index contributed by atoms with van der Waals surface area (Å²) >= 11 is 0. The van der Waals surface area contributed by atoms with Gasteiger partial charge in [-0.25, -0.2) is 0 Å². The highest BCUT2D eigenvalue weighted by Crippen LogP contribution is 2.28. The van der Waals surface area contributed by atoms with Gasteiger partial charge in [-0.2, -0.15) is 0 Å². The van der Waals surface area contributed by atoms with E-state index in [9.17, 15) is 9.59 Å². The van der Waals surface area contributed by atoms with Crippen LogP contribution in [-0.4, -0.2) is 54.2 Å². The van der Waals surface area contributed by atoms with Crippen molar-refractivity contribution in [3.8, 4) is 0 Å². The fourth-order valence-corrected chi connectivity index (χ4v) is 3.05. The summed E-state index contributed by atoms with van der Waals surface area (Å²) in [4.78, 5) is 27.4. The van der Waals surface area contributed by atoms with Crippen molar-refractivity contribution in [1.29, 1.82) is 0 Å². The highest BCUT2D eigenvalue weighted by molar-refractivity contribution is 5.82. The van der Waals surface area contributed by atoms with E-state index >= 15 is 0 Å². The predicted molar refractivity (Wildman–Crippen MR) is 65.7 cm³/mol. The summed E-state index contributed by atoms with van der Waals surface area (Å²) in [5, 5.41) is 0. The van der Waals surface area contributed by atoms with E-state index in [1.807, 2.05) is 14.1 Å². The van der Waals surface area contributed by atoms with Crippen LogP contribution in [0.15, 0.2) is 0 Å². The Labute approximate surface area is 103 Å². The van der Waals surface area contributed by atoms with E-state index in [0.717, 1.165) is 32.2 Å². The van der Waals surface area contributed by atoms with Crippen LogP contribution in [0.4, 0.5) is 0 Å². The van der Waals surface area contributed by atoms with E-state index in [1.165, 1.54) is 0 Å². The Morgan fingerprint density at radius 3 is 2.47 bits per heavy atom. The van der Waals surface area contributed by atoms with Gasteiger partial charge in [0.05, 0.1) is 6.04 Å². The standard InChI is InChI=1S/C13H22N2O2/c1-14(2)13(17)12-4-3-9-15(12)10-5-7-11(16)8-6-10/h10,12H,3-9H2,1-2H3. The summed E-state index contributed by atoms with van der Waals surface area (Å²) in [6.45, 7) is 1.02. The lowest BCUT2D eigenvalue weighted by molar-refractivity contribution is -0.134. The number of nitrogens with zero attached hydrogens (tertiary/aromatic N) is 2. The Hall–Kier alpha value is -0.900. The van der Waals surface area contributed by atoms with Crippen LogP contribution in [-0.2, 0) is 9.59 Å². The molecule has 1 aliphatic heterocycles. The summed E-state index contributed by atoms with van der Waals surface area (Å²) < 4.78 is 0. The molecule has 0 bridgehead atoms. The van der Waals surface area contributed by atoms with Crippen LogP contribution in [0.5, 0.6) is 0 Å². The van der Waals surface area contributed by atoms with Gasteiger partial charge in [-0.1, -0.05) is 0 Å². The molecule has 2 aliphatic rings. The second kappa shape index (κ2) is 5.17. The van der Waals surface area contributed by atoms with E-state index in [2.05, 4.69) is 4.90 Å². The number of likely N-dealkylation sites (tertiary alicyclic amines) is 1. The third-order valence-electron chi connectivity index (χ3n) is 4.00. The van der Waals surface area contributed by atoms with Crippen LogP contribution in [0.25, 0.3) is 0 Å². The monoisotopic (exact) mass is 238 g/mol. The highest BCUT2D eigenvalue weighted by Gasteiger charge is 2.37. The van der Waals surface area contributed by atoms with Gasteiger partial charge >= 0.3 is 0 Å². The second-order valence-corrected chi connectivity index (χ2v) is 5.40. The van der Waals surface area contributed by atoms with Crippen LogP contribution >= 0.6 is 0 Å². The quantitative estimate of drug-likeness (QED) is 0.722. The number of carbonyl (C=O) groups excluding carboxylic acids is 2. The second-order valence-electron chi connectivity index (χ2n) is 5.40. The summed E-state index contributed by atoms with van der Waals surface area (Å²) in [6, 6.07) is 0.507. The molecule has 1 atom stereocenters. The zero-order valence-electron chi connectivity index (χ0n) is 10.8. The van der Waals surface area contributed by atoms with Crippen molar-refractivity contribution in [1.82, 2.24) is 9.80 Å². The molecule has 96 valence electrons. The molecule has 1 unspecified atom stereocenters. The van der Waals surface area contributed by atoms with Crippen molar-refractivity contribution in [2.45, 2.75) is 50.6 Å². The number of hydrogen-bond donors (Lipinski definition) is 0. The average molecular weight is 238 g/mol. The minimum absolute atomic E-state index is 0.0585. The highest BCUT2D eigenvalue weighted by atomic mass is 16.2. The van der Waals surface area contributed by atoms with Crippen LogP contribution < -0.4 is 0 Å². The minimum atomic E-state index is 0.0585. The molecule has 1 saturated carbocycles. The van der Waals surface area contributed by atoms with E-state index in [4.69, 9.17) is 0 Å². The molecule has 0 radical (unpaired) electrons. The maximum Gasteiger partial charge on any atom is 0.239 e. The van der Waals surface area contributed by atoms with E-state index in [1.54, 1.807) is 4.90 Å². The van der Waals surface area contributed by atoms with E-state index in [-0.39, 0.29) is 11.9 Å². The molecule has 1 saturated heterocycles. The number of ketones is 1. The van der Waals surface area contributed by atoms with Crippen molar-refractivity contribution >= 4 is 11.7 Å². The normalized spacial score (nSPS) is 27.4. The molecule has 1 aliphatic carbocycles. The maximum atomic E-state index is 12.1. The largest absolute Gasteiger partial charge is 0.347 e. The lowest BCUT2D eigenvalue weighted by Crippen LogP contribution is -2.48. The van der Waals surface area contributed by atoms with Crippen LogP contribution in [0.2, 0.25) is 0 Å². The molecule has 0 aromatic rings. The summed E-state index contributed by atoms with van der Waals surface area (Å²) in [5.74, 6) is 0.607. The molecule has 2 rings (SSSR count). The fraction of sp³-hybridized carbons (Fsp3) is 0.846. The SMILES string of the molecule is CN(C)C(=O)C1CCCN1C1CCC(=O)CC1. The van der Waals surface area contributed by atoms with Crippen molar-refractivity contribution in [2.75, 3.05) is 20.6 Å². The Morgan fingerprint density at radius 1 is 1.24 bits per heavy atom. The molecule has 1 amide bonds. The lowest BCUT2D eigenvalue weighted by Gasteiger charge is -2.35. The van der Waals surface area contributed by atoms with Gasteiger partial charge in [0.1, 0.15) is 5.78 Å². The molecule has 4 heteroatoms. The van der Waals surface area contributed by atoms with Crippen LogP contribution in [0, 0.1) is 0 Å². The van der Waals surface area contributed by atoms with E-state index in [0.29, 0.717) is 24.7 Å². The Kier molecular flexibility index (Phi) is 3.82. The summed E-state index contributed by atoms with van der Waals surface area (Å²) in [6.07, 6.45) is 5.36. The third kappa shape index (κ3) is 2.68.